The van der Waals surface area contributed by atoms with Gasteiger partial charge in [0.05, 0.1) is 17.6 Å². The van der Waals surface area contributed by atoms with Gasteiger partial charge in [-0.25, -0.2) is 13.4 Å². The summed E-state index contributed by atoms with van der Waals surface area (Å²) < 4.78 is 26.0. The fraction of sp³-hybridized carbons (Fsp3) is 0.400. The topological polar surface area (TPSA) is 70.6 Å². The molecule has 1 aromatic carbocycles. The van der Waals surface area contributed by atoms with E-state index in [-0.39, 0.29) is 19.0 Å². The normalized spacial score (nSPS) is 13.6. The molecule has 6 nitrogen and oxygen atoms in total. The van der Waals surface area contributed by atoms with Gasteiger partial charge in [-0.3, -0.25) is 14.0 Å². The Balaban J connectivity index is 1.91. The number of nitrogens with zero attached hydrogens (tertiary/aromatic N) is 3. The van der Waals surface area contributed by atoms with Gasteiger partial charge in [0.15, 0.2) is 5.13 Å². The first kappa shape index (κ1) is 20.5. The van der Waals surface area contributed by atoms with Crippen LogP contribution < -0.4 is 9.21 Å². The minimum Gasteiger partial charge on any atom is -0.283 e. The highest BCUT2D eigenvalue weighted by Crippen LogP contribution is 2.32. The van der Waals surface area contributed by atoms with Crippen molar-refractivity contribution in [1.82, 2.24) is 4.98 Å². The molecular formula is C20H25N3O3S2. The van der Waals surface area contributed by atoms with E-state index < -0.39 is 10.0 Å². The molecule has 0 N–H and O–H groups in total. The van der Waals surface area contributed by atoms with Gasteiger partial charge in [0.2, 0.25) is 15.9 Å². The second-order valence-electron chi connectivity index (χ2n) is 6.92. The van der Waals surface area contributed by atoms with Gasteiger partial charge in [0.1, 0.15) is 6.54 Å². The first-order valence-corrected chi connectivity index (χ1v) is 11.9. The zero-order chi connectivity index (χ0) is 20.3. The standard InChI is InChI=1S/C20H25N3O3S2/c1-4-13-22(20-21-16-10-6-8-12-18(16)27-20)19(24)14-23(28(3,25)26)17-11-7-5-9-15(17)2/h4-5,7,9,11H,1,6,8,10,12-14H2,2-3H3. The van der Waals surface area contributed by atoms with Crippen LogP contribution in [-0.2, 0) is 27.7 Å². The molecule has 1 aliphatic rings. The van der Waals surface area contributed by atoms with Crippen molar-refractivity contribution in [2.45, 2.75) is 32.6 Å². The van der Waals surface area contributed by atoms with E-state index >= 15 is 0 Å². The van der Waals surface area contributed by atoms with E-state index in [0.717, 1.165) is 47.5 Å². The summed E-state index contributed by atoms with van der Waals surface area (Å²) in [7, 11) is -3.63. The highest BCUT2D eigenvalue weighted by molar-refractivity contribution is 7.92. The average molecular weight is 420 g/mol. The van der Waals surface area contributed by atoms with E-state index in [0.29, 0.717) is 10.8 Å². The molecule has 0 aliphatic heterocycles. The van der Waals surface area contributed by atoms with Gasteiger partial charge in [-0.2, -0.15) is 0 Å². The third-order valence-electron chi connectivity index (χ3n) is 4.74. The fourth-order valence-electron chi connectivity index (χ4n) is 3.30. The zero-order valence-electron chi connectivity index (χ0n) is 16.2. The van der Waals surface area contributed by atoms with Crippen molar-refractivity contribution in [2.75, 3.05) is 28.6 Å². The van der Waals surface area contributed by atoms with Crippen LogP contribution >= 0.6 is 11.3 Å². The van der Waals surface area contributed by atoms with E-state index in [2.05, 4.69) is 11.6 Å². The Bertz CT molecular complexity index is 959. The molecule has 150 valence electrons. The number of fused-ring (bicyclic) bond motifs is 1. The first-order valence-electron chi connectivity index (χ1n) is 9.24. The summed E-state index contributed by atoms with van der Waals surface area (Å²) in [6, 6.07) is 7.14. The van der Waals surface area contributed by atoms with Crippen molar-refractivity contribution in [3.63, 3.8) is 0 Å². The summed E-state index contributed by atoms with van der Waals surface area (Å²) >= 11 is 1.52. The van der Waals surface area contributed by atoms with E-state index in [9.17, 15) is 13.2 Å². The number of aromatic nitrogens is 1. The molecule has 1 aromatic heterocycles. The van der Waals surface area contributed by atoms with Gasteiger partial charge < -0.3 is 0 Å². The highest BCUT2D eigenvalue weighted by atomic mass is 32.2. The molecule has 0 bridgehead atoms. The number of carbonyl (C=O) groups excluding carboxylic acids is 1. The van der Waals surface area contributed by atoms with Crippen LogP contribution in [0.25, 0.3) is 0 Å². The van der Waals surface area contributed by atoms with Gasteiger partial charge in [-0.1, -0.05) is 24.3 Å². The maximum atomic E-state index is 13.1. The van der Waals surface area contributed by atoms with Crippen LogP contribution in [0.15, 0.2) is 36.9 Å². The van der Waals surface area contributed by atoms with Crippen LogP contribution in [0.3, 0.4) is 0 Å². The Morgan fingerprint density at radius 1 is 1.29 bits per heavy atom. The number of carbonyl (C=O) groups is 1. The molecule has 1 heterocycles. The molecule has 0 saturated heterocycles. The van der Waals surface area contributed by atoms with Crippen LogP contribution in [-0.4, -0.2) is 38.7 Å². The summed E-state index contributed by atoms with van der Waals surface area (Å²) in [5.41, 5.74) is 2.36. The number of anilines is 2. The number of thiazole rings is 1. The van der Waals surface area contributed by atoms with Crippen LogP contribution in [0.1, 0.15) is 29.0 Å². The number of hydrogen-bond acceptors (Lipinski definition) is 5. The van der Waals surface area contributed by atoms with Crippen molar-refractivity contribution in [3.8, 4) is 0 Å². The SMILES string of the molecule is C=CCN(C(=O)CN(c1ccccc1C)S(C)(=O)=O)c1nc2c(s1)CCCC2. The summed E-state index contributed by atoms with van der Waals surface area (Å²) in [5, 5.41) is 0.620. The number of para-hydroxylation sites is 1. The second kappa shape index (κ2) is 8.45. The van der Waals surface area contributed by atoms with Gasteiger partial charge in [-0.15, -0.1) is 17.9 Å². The molecule has 1 aliphatic carbocycles. The number of benzene rings is 1. The van der Waals surface area contributed by atoms with Crippen LogP contribution in [0.2, 0.25) is 0 Å². The third-order valence-corrected chi connectivity index (χ3v) is 7.05. The molecule has 0 fully saturated rings. The van der Waals surface area contributed by atoms with E-state index in [1.54, 1.807) is 18.2 Å². The quantitative estimate of drug-likeness (QED) is 0.646. The van der Waals surface area contributed by atoms with Crippen molar-refractivity contribution in [3.05, 3.63) is 53.1 Å². The third kappa shape index (κ3) is 4.44. The molecule has 0 atom stereocenters. The van der Waals surface area contributed by atoms with Crippen LogP contribution in [0, 0.1) is 6.92 Å². The molecule has 0 radical (unpaired) electrons. The summed E-state index contributed by atoms with van der Waals surface area (Å²) in [6.07, 6.45) is 6.92. The number of sulfonamides is 1. The Morgan fingerprint density at radius 3 is 2.64 bits per heavy atom. The van der Waals surface area contributed by atoms with Crippen molar-refractivity contribution in [2.24, 2.45) is 0 Å². The lowest BCUT2D eigenvalue weighted by Gasteiger charge is -2.26. The summed E-state index contributed by atoms with van der Waals surface area (Å²) in [6.45, 7) is 5.58. The lowest BCUT2D eigenvalue weighted by atomic mass is 10.0. The molecule has 3 rings (SSSR count). The van der Waals surface area contributed by atoms with Crippen LogP contribution in [0.4, 0.5) is 10.8 Å². The molecule has 0 unspecified atom stereocenters. The highest BCUT2D eigenvalue weighted by Gasteiger charge is 2.27. The molecule has 2 aromatic rings. The number of aryl methyl sites for hydroxylation is 3. The average Bonchev–Trinajstić information content (AvgIpc) is 3.07. The minimum atomic E-state index is -3.63. The molecule has 8 heteroatoms. The molecule has 0 spiro atoms. The Morgan fingerprint density at radius 2 is 2.00 bits per heavy atom. The second-order valence-corrected chi connectivity index (χ2v) is 9.89. The fourth-order valence-corrected chi connectivity index (χ4v) is 5.38. The maximum Gasteiger partial charge on any atom is 0.249 e. The Kier molecular flexibility index (Phi) is 6.20. The molecule has 1 amide bonds. The van der Waals surface area contributed by atoms with Crippen LogP contribution in [0.5, 0.6) is 0 Å². The number of rotatable bonds is 7. The molecule has 0 saturated carbocycles. The van der Waals surface area contributed by atoms with E-state index in [1.807, 2.05) is 19.1 Å². The summed E-state index contributed by atoms with van der Waals surface area (Å²) in [5.74, 6) is -0.320. The molecule has 28 heavy (non-hydrogen) atoms. The lowest BCUT2D eigenvalue weighted by molar-refractivity contribution is -0.117. The van der Waals surface area contributed by atoms with Gasteiger partial charge in [-0.05, 0) is 44.2 Å². The lowest BCUT2D eigenvalue weighted by Crippen LogP contribution is -2.43. The number of hydrogen-bond donors (Lipinski definition) is 0. The predicted octanol–water partition coefficient (Wildman–Crippen LogP) is 3.32. The zero-order valence-corrected chi connectivity index (χ0v) is 17.9. The van der Waals surface area contributed by atoms with Crippen molar-refractivity contribution >= 4 is 38.1 Å². The van der Waals surface area contributed by atoms with E-state index in [1.165, 1.54) is 21.1 Å². The van der Waals surface area contributed by atoms with Gasteiger partial charge in [0, 0.05) is 11.4 Å². The Hall–Kier alpha value is -2.19. The largest absolute Gasteiger partial charge is 0.283 e. The summed E-state index contributed by atoms with van der Waals surface area (Å²) in [4.78, 5) is 20.5. The smallest absolute Gasteiger partial charge is 0.249 e. The van der Waals surface area contributed by atoms with Crippen molar-refractivity contribution in [1.29, 1.82) is 0 Å². The first-order chi connectivity index (χ1) is 13.3. The minimum absolute atomic E-state index is 0.276. The predicted molar refractivity (Wildman–Crippen MR) is 115 cm³/mol. The van der Waals surface area contributed by atoms with E-state index in [4.69, 9.17) is 0 Å². The van der Waals surface area contributed by atoms with Gasteiger partial charge in [0.25, 0.3) is 0 Å². The van der Waals surface area contributed by atoms with Gasteiger partial charge >= 0.3 is 0 Å². The molecular weight excluding hydrogens is 394 g/mol. The Labute approximate surface area is 170 Å². The maximum absolute atomic E-state index is 13.1. The monoisotopic (exact) mass is 419 g/mol. The number of amides is 1. The van der Waals surface area contributed by atoms with Crippen molar-refractivity contribution < 1.29 is 13.2 Å².